The molecule has 0 radical (unpaired) electrons. The number of Topliss-reactive ketones (excluding diaryl/α,β-unsaturated/α-hetero) is 1. The van der Waals surface area contributed by atoms with Gasteiger partial charge in [0.15, 0.2) is 12.4 Å². The van der Waals surface area contributed by atoms with E-state index in [1.807, 2.05) is 4.90 Å². The molecule has 1 aliphatic rings. The molecule has 2 aromatic rings. The molecule has 0 aromatic heterocycles. The summed E-state index contributed by atoms with van der Waals surface area (Å²) >= 11 is 0. The summed E-state index contributed by atoms with van der Waals surface area (Å²) in [6.07, 6.45) is 0.943. The number of nitro benzene ring substituents is 1. The lowest BCUT2D eigenvalue weighted by Gasteiger charge is -2.32. The molecular weight excluding hydrogens is 367 g/mol. The van der Waals surface area contributed by atoms with Crippen LogP contribution < -0.4 is 4.90 Å². The van der Waals surface area contributed by atoms with Gasteiger partial charge in [-0.05, 0) is 31.0 Å². The minimum atomic E-state index is -0.528. The van der Waals surface area contributed by atoms with Gasteiger partial charge in [0.2, 0.25) is 0 Å². The smallest absolute Gasteiger partial charge is 0.309 e. The SMILES string of the molecule is O=C(COC(=O)C1CCN(c2ccccc2[N+](=O)[O-])CC1)c1cccc(F)c1. The quantitative estimate of drug-likeness (QED) is 0.327. The minimum Gasteiger partial charge on any atom is -0.457 e. The molecule has 7 nitrogen and oxygen atoms in total. The third kappa shape index (κ3) is 4.51. The second kappa shape index (κ2) is 8.60. The summed E-state index contributed by atoms with van der Waals surface area (Å²) in [5.41, 5.74) is 0.712. The number of carbonyl (C=O) groups is 2. The normalized spacial score (nSPS) is 14.5. The average Bonchev–Trinajstić information content (AvgIpc) is 2.71. The molecule has 0 saturated carbocycles. The Kier molecular flexibility index (Phi) is 5.98. The van der Waals surface area contributed by atoms with Crippen molar-refractivity contribution in [2.45, 2.75) is 12.8 Å². The number of nitro groups is 1. The van der Waals surface area contributed by atoms with Gasteiger partial charge in [0, 0.05) is 24.7 Å². The number of esters is 1. The number of benzene rings is 2. The predicted molar refractivity (Wildman–Crippen MR) is 99.7 cm³/mol. The standard InChI is InChI=1S/C20H19FN2O5/c21-16-5-3-4-15(12-16)19(24)13-28-20(25)14-8-10-22(11-9-14)17-6-1-2-7-18(17)23(26)27/h1-7,12,14H,8-11,13H2. The van der Waals surface area contributed by atoms with Gasteiger partial charge in [-0.1, -0.05) is 24.3 Å². The fourth-order valence-electron chi connectivity index (χ4n) is 3.24. The Morgan fingerprint density at radius 1 is 1.14 bits per heavy atom. The second-order valence-corrected chi connectivity index (χ2v) is 6.55. The van der Waals surface area contributed by atoms with E-state index in [-0.39, 0.29) is 17.2 Å². The molecule has 0 aliphatic carbocycles. The van der Waals surface area contributed by atoms with Crippen molar-refractivity contribution in [3.8, 4) is 0 Å². The molecule has 0 amide bonds. The van der Waals surface area contributed by atoms with Crippen molar-refractivity contribution < 1.29 is 23.6 Å². The fourth-order valence-corrected chi connectivity index (χ4v) is 3.24. The largest absolute Gasteiger partial charge is 0.457 e. The van der Waals surface area contributed by atoms with E-state index in [1.165, 1.54) is 24.3 Å². The van der Waals surface area contributed by atoms with Gasteiger partial charge >= 0.3 is 5.97 Å². The maximum Gasteiger partial charge on any atom is 0.309 e. The van der Waals surface area contributed by atoms with Gasteiger partial charge in [-0.3, -0.25) is 19.7 Å². The molecule has 0 bridgehead atoms. The Morgan fingerprint density at radius 2 is 1.86 bits per heavy atom. The summed E-state index contributed by atoms with van der Waals surface area (Å²) < 4.78 is 18.3. The highest BCUT2D eigenvalue weighted by Gasteiger charge is 2.29. The summed E-state index contributed by atoms with van der Waals surface area (Å²) in [5, 5.41) is 11.2. The van der Waals surface area contributed by atoms with Crippen LogP contribution >= 0.6 is 0 Å². The summed E-state index contributed by atoms with van der Waals surface area (Å²) in [6.45, 7) is 0.511. The van der Waals surface area contributed by atoms with Crippen LogP contribution in [0.15, 0.2) is 48.5 Å². The molecule has 0 unspecified atom stereocenters. The third-order valence-corrected chi connectivity index (χ3v) is 4.74. The van der Waals surface area contributed by atoms with Gasteiger partial charge < -0.3 is 9.64 Å². The van der Waals surface area contributed by atoms with Crippen molar-refractivity contribution in [1.29, 1.82) is 0 Å². The number of anilines is 1. The van der Waals surface area contributed by atoms with Crippen LogP contribution in [0.2, 0.25) is 0 Å². The number of carbonyl (C=O) groups excluding carboxylic acids is 2. The van der Waals surface area contributed by atoms with Crippen LogP contribution in [0.1, 0.15) is 23.2 Å². The van der Waals surface area contributed by atoms with Crippen molar-refractivity contribution in [2.75, 3.05) is 24.6 Å². The molecule has 1 fully saturated rings. The second-order valence-electron chi connectivity index (χ2n) is 6.55. The van der Waals surface area contributed by atoms with Crippen LogP contribution in [-0.2, 0) is 9.53 Å². The molecule has 3 rings (SSSR count). The van der Waals surface area contributed by atoms with Crippen molar-refractivity contribution in [2.24, 2.45) is 5.92 Å². The molecule has 0 spiro atoms. The van der Waals surface area contributed by atoms with Gasteiger partial charge in [-0.2, -0.15) is 0 Å². The van der Waals surface area contributed by atoms with Gasteiger partial charge in [0.05, 0.1) is 10.8 Å². The van der Waals surface area contributed by atoms with Crippen molar-refractivity contribution in [3.05, 3.63) is 70.0 Å². The van der Waals surface area contributed by atoms with Crippen LogP contribution in [0.3, 0.4) is 0 Å². The number of para-hydroxylation sites is 2. The summed E-state index contributed by atoms with van der Waals surface area (Å²) in [5.74, 6) is -1.85. The first kappa shape index (κ1) is 19.5. The van der Waals surface area contributed by atoms with Crippen LogP contribution in [0, 0.1) is 21.8 Å². The van der Waals surface area contributed by atoms with E-state index in [9.17, 15) is 24.1 Å². The number of piperidine rings is 1. The highest BCUT2D eigenvalue weighted by Crippen LogP contribution is 2.31. The Labute approximate surface area is 160 Å². The highest BCUT2D eigenvalue weighted by molar-refractivity contribution is 5.98. The zero-order valence-electron chi connectivity index (χ0n) is 15.0. The maximum atomic E-state index is 13.2. The van der Waals surface area contributed by atoms with Gasteiger partial charge in [0.25, 0.3) is 5.69 Å². The third-order valence-electron chi connectivity index (χ3n) is 4.74. The number of hydrogen-bond acceptors (Lipinski definition) is 6. The van der Waals surface area contributed by atoms with E-state index in [0.717, 1.165) is 6.07 Å². The van der Waals surface area contributed by atoms with E-state index >= 15 is 0 Å². The molecule has 0 atom stereocenters. The van der Waals surface area contributed by atoms with Gasteiger partial charge in [-0.15, -0.1) is 0 Å². The lowest BCUT2D eigenvalue weighted by Crippen LogP contribution is -2.37. The van der Waals surface area contributed by atoms with Crippen LogP contribution in [0.5, 0.6) is 0 Å². The summed E-state index contributed by atoms with van der Waals surface area (Å²) in [6, 6.07) is 11.7. The number of rotatable bonds is 6. The van der Waals surface area contributed by atoms with Crippen LogP contribution in [0.25, 0.3) is 0 Å². The van der Waals surface area contributed by atoms with E-state index in [0.29, 0.717) is 31.6 Å². The predicted octanol–water partition coefficient (Wildman–Crippen LogP) is 3.38. The lowest BCUT2D eigenvalue weighted by molar-refractivity contribution is -0.384. The number of hydrogen-bond donors (Lipinski definition) is 0. The molecule has 146 valence electrons. The van der Waals surface area contributed by atoms with E-state index in [1.54, 1.807) is 18.2 Å². The monoisotopic (exact) mass is 386 g/mol. The number of ketones is 1. The van der Waals surface area contributed by atoms with Crippen LogP contribution in [-0.4, -0.2) is 36.4 Å². The zero-order valence-corrected chi connectivity index (χ0v) is 15.0. The highest BCUT2D eigenvalue weighted by atomic mass is 19.1. The topological polar surface area (TPSA) is 89.8 Å². The zero-order chi connectivity index (χ0) is 20.1. The average molecular weight is 386 g/mol. The first-order valence-electron chi connectivity index (χ1n) is 8.89. The van der Waals surface area contributed by atoms with Crippen molar-refractivity contribution >= 4 is 23.1 Å². The Balaban J connectivity index is 1.53. The van der Waals surface area contributed by atoms with Crippen molar-refractivity contribution in [3.63, 3.8) is 0 Å². The molecule has 2 aromatic carbocycles. The van der Waals surface area contributed by atoms with E-state index < -0.39 is 29.1 Å². The Morgan fingerprint density at radius 3 is 2.54 bits per heavy atom. The number of ether oxygens (including phenoxy) is 1. The first-order chi connectivity index (χ1) is 13.5. The van der Waals surface area contributed by atoms with E-state index in [2.05, 4.69) is 0 Å². The number of halogens is 1. The van der Waals surface area contributed by atoms with Crippen molar-refractivity contribution in [1.82, 2.24) is 0 Å². The van der Waals surface area contributed by atoms with Gasteiger partial charge in [-0.25, -0.2) is 4.39 Å². The van der Waals surface area contributed by atoms with E-state index in [4.69, 9.17) is 4.74 Å². The summed E-state index contributed by atoms with van der Waals surface area (Å²) in [4.78, 5) is 36.9. The summed E-state index contributed by atoms with van der Waals surface area (Å²) in [7, 11) is 0. The minimum absolute atomic E-state index is 0.0317. The lowest BCUT2D eigenvalue weighted by atomic mass is 9.96. The number of nitrogens with zero attached hydrogens (tertiary/aromatic N) is 2. The first-order valence-corrected chi connectivity index (χ1v) is 8.89. The fraction of sp³-hybridized carbons (Fsp3) is 0.300. The molecular formula is C20H19FN2O5. The molecule has 28 heavy (non-hydrogen) atoms. The molecule has 1 heterocycles. The Bertz CT molecular complexity index is 894. The Hall–Kier alpha value is -3.29. The van der Waals surface area contributed by atoms with Gasteiger partial charge in [0.1, 0.15) is 11.5 Å². The molecule has 0 N–H and O–H groups in total. The molecule has 8 heteroatoms. The molecule has 1 saturated heterocycles. The molecule has 1 aliphatic heterocycles. The maximum absolute atomic E-state index is 13.2. The van der Waals surface area contributed by atoms with Crippen LogP contribution in [0.4, 0.5) is 15.8 Å².